The highest BCUT2D eigenvalue weighted by Gasteiger charge is 2.25. The molecule has 5 heteroatoms. The van der Waals surface area contributed by atoms with Crippen LogP contribution in [0.4, 0.5) is 0 Å². The van der Waals surface area contributed by atoms with E-state index in [-0.39, 0.29) is 0 Å². The Bertz CT molecular complexity index is 153. The van der Waals surface area contributed by atoms with Crippen LogP contribution in [0.5, 0.6) is 0 Å². The van der Waals surface area contributed by atoms with Gasteiger partial charge in [-0.2, -0.15) is 37.0 Å². The van der Waals surface area contributed by atoms with E-state index in [4.69, 9.17) is 0 Å². The van der Waals surface area contributed by atoms with E-state index in [1.165, 1.54) is 24.3 Å². The molecule has 1 aliphatic rings. The third-order valence-corrected chi connectivity index (χ3v) is 7.29. The van der Waals surface area contributed by atoms with Crippen molar-refractivity contribution in [2.45, 2.75) is 46.4 Å². The maximum absolute atomic E-state index is 4.40. The van der Waals surface area contributed by atoms with E-state index in [1.807, 2.05) is 23.5 Å². The fraction of sp³-hybridized carbons (Fsp3) is 1.00. The van der Waals surface area contributed by atoms with E-state index < -0.39 is 0 Å². The van der Waals surface area contributed by atoms with Crippen molar-refractivity contribution in [2.24, 2.45) is 0 Å². The summed E-state index contributed by atoms with van der Waals surface area (Å²) in [6.07, 6.45) is 2.79. The largest absolute Gasteiger partial charge is 0.165 e. The van der Waals surface area contributed by atoms with Gasteiger partial charge in [0.15, 0.2) is 0 Å². The fourth-order valence-corrected chi connectivity index (χ4v) is 5.54. The minimum atomic E-state index is 0.483. The number of hydrogen-bond acceptors (Lipinski definition) is 5. The van der Waals surface area contributed by atoms with Crippen LogP contribution in [-0.2, 0) is 0 Å². The average molecular weight is 301 g/mol. The molecule has 4 atom stereocenters. The van der Waals surface area contributed by atoms with Gasteiger partial charge in [0, 0.05) is 31.2 Å². The Morgan fingerprint density at radius 1 is 1.07 bits per heavy atom. The van der Waals surface area contributed by atoms with Gasteiger partial charge in [-0.15, -0.1) is 23.5 Å². The molecule has 4 unspecified atom stereocenters. The SMILES string of the molecule is CC(S)SCC1CCC(CSC(C)S)S1. The predicted molar refractivity (Wildman–Crippen MR) is 86.2 cm³/mol. The second-order valence-corrected chi connectivity index (χ2v) is 10.4. The van der Waals surface area contributed by atoms with Gasteiger partial charge < -0.3 is 0 Å². The molecule has 0 aromatic rings. The second kappa shape index (κ2) is 7.96. The first kappa shape index (κ1) is 14.8. The molecule has 0 spiro atoms. The van der Waals surface area contributed by atoms with Crippen molar-refractivity contribution in [1.29, 1.82) is 0 Å². The van der Waals surface area contributed by atoms with E-state index in [2.05, 4.69) is 50.9 Å². The highest BCUT2D eigenvalue weighted by atomic mass is 32.2. The molecule has 0 aliphatic carbocycles. The lowest BCUT2D eigenvalue weighted by molar-refractivity contribution is 0.785. The number of thiol groups is 2. The standard InChI is InChI=1S/C10H20S5/c1-7(11)13-5-9-3-4-10(15-9)6-14-8(2)12/h7-12H,3-6H2,1-2H3. The first-order valence-electron chi connectivity index (χ1n) is 5.32. The van der Waals surface area contributed by atoms with E-state index in [9.17, 15) is 0 Å². The molecule has 15 heavy (non-hydrogen) atoms. The molecule has 1 aliphatic heterocycles. The van der Waals surface area contributed by atoms with Crippen molar-refractivity contribution in [1.82, 2.24) is 0 Å². The Labute approximate surface area is 118 Å². The molecular weight excluding hydrogens is 280 g/mol. The van der Waals surface area contributed by atoms with Crippen molar-refractivity contribution in [2.75, 3.05) is 11.5 Å². The van der Waals surface area contributed by atoms with Crippen LogP contribution >= 0.6 is 60.5 Å². The van der Waals surface area contributed by atoms with Crippen molar-refractivity contribution in [3.05, 3.63) is 0 Å². The summed E-state index contributed by atoms with van der Waals surface area (Å²) in [6.45, 7) is 4.31. The van der Waals surface area contributed by atoms with E-state index >= 15 is 0 Å². The summed E-state index contributed by atoms with van der Waals surface area (Å²) in [5.41, 5.74) is 0. The van der Waals surface area contributed by atoms with Gasteiger partial charge in [-0.3, -0.25) is 0 Å². The molecule has 0 aromatic heterocycles. The molecular formula is C10H20S5. The van der Waals surface area contributed by atoms with Gasteiger partial charge in [0.1, 0.15) is 0 Å². The Morgan fingerprint density at radius 3 is 1.80 bits per heavy atom. The molecule has 1 fully saturated rings. The lowest BCUT2D eigenvalue weighted by Crippen LogP contribution is -2.05. The Hall–Kier alpha value is 1.75. The summed E-state index contributed by atoms with van der Waals surface area (Å²) < 4.78 is 0.966. The summed E-state index contributed by atoms with van der Waals surface area (Å²) in [4.78, 5) is 0. The molecule has 0 amide bonds. The van der Waals surface area contributed by atoms with Gasteiger partial charge in [-0.25, -0.2) is 0 Å². The zero-order valence-corrected chi connectivity index (χ0v) is 13.5. The molecule has 0 saturated carbocycles. The van der Waals surface area contributed by atoms with Crippen molar-refractivity contribution >= 4 is 60.5 Å². The number of hydrogen-bond donors (Lipinski definition) is 2. The smallest absolute Gasteiger partial charge is 0.0444 e. The number of rotatable bonds is 6. The molecule has 0 radical (unpaired) electrons. The average Bonchev–Trinajstić information content (AvgIpc) is 2.59. The monoisotopic (exact) mass is 300 g/mol. The van der Waals surface area contributed by atoms with E-state index in [1.54, 1.807) is 0 Å². The summed E-state index contributed by atoms with van der Waals surface area (Å²) in [5, 5.41) is 1.73. The topological polar surface area (TPSA) is 0 Å². The van der Waals surface area contributed by atoms with Gasteiger partial charge in [-0.1, -0.05) is 0 Å². The third-order valence-electron chi connectivity index (χ3n) is 2.24. The third kappa shape index (κ3) is 6.92. The van der Waals surface area contributed by atoms with E-state index in [0.29, 0.717) is 9.16 Å². The quantitative estimate of drug-likeness (QED) is 0.556. The first-order valence-corrected chi connectivity index (χ1v) is 9.40. The predicted octanol–water partition coefficient (Wildman–Crippen LogP) is 4.27. The molecule has 0 N–H and O–H groups in total. The molecule has 0 bridgehead atoms. The molecule has 1 heterocycles. The summed E-state index contributed by atoms with van der Waals surface area (Å²) >= 11 is 14.9. The molecule has 1 rings (SSSR count). The number of thioether (sulfide) groups is 3. The molecule has 0 aromatic carbocycles. The van der Waals surface area contributed by atoms with Crippen LogP contribution < -0.4 is 0 Å². The van der Waals surface area contributed by atoms with Crippen molar-refractivity contribution < 1.29 is 0 Å². The fourth-order valence-electron chi connectivity index (χ4n) is 1.52. The highest BCUT2D eigenvalue weighted by Crippen LogP contribution is 2.38. The Morgan fingerprint density at radius 2 is 1.47 bits per heavy atom. The minimum absolute atomic E-state index is 0.483. The van der Waals surface area contributed by atoms with E-state index in [0.717, 1.165) is 10.5 Å². The maximum atomic E-state index is 4.40. The zero-order chi connectivity index (χ0) is 11.3. The van der Waals surface area contributed by atoms with Gasteiger partial charge >= 0.3 is 0 Å². The maximum Gasteiger partial charge on any atom is 0.0444 e. The van der Waals surface area contributed by atoms with Crippen LogP contribution in [0.25, 0.3) is 0 Å². The molecule has 90 valence electrons. The van der Waals surface area contributed by atoms with Gasteiger partial charge in [0.2, 0.25) is 0 Å². The zero-order valence-electron chi connectivity index (χ0n) is 9.26. The van der Waals surface area contributed by atoms with Crippen LogP contribution in [0, 0.1) is 0 Å². The van der Waals surface area contributed by atoms with Crippen molar-refractivity contribution in [3.63, 3.8) is 0 Å². The van der Waals surface area contributed by atoms with Gasteiger partial charge in [0.25, 0.3) is 0 Å². The first-order chi connectivity index (χ1) is 7.08. The van der Waals surface area contributed by atoms with Crippen LogP contribution in [-0.4, -0.2) is 31.2 Å². The minimum Gasteiger partial charge on any atom is -0.165 e. The summed E-state index contributed by atoms with van der Waals surface area (Å²) in [7, 11) is 0. The van der Waals surface area contributed by atoms with Crippen LogP contribution in [0.1, 0.15) is 26.7 Å². The normalized spacial score (nSPS) is 30.4. The van der Waals surface area contributed by atoms with Gasteiger partial charge in [-0.05, 0) is 26.7 Å². The second-order valence-electron chi connectivity index (χ2n) is 3.82. The Balaban J connectivity index is 2.10. The lowest BCUT2D eigenvalue weighted by atomic mass is 10.2. The summed E-state index contributed by atoms with van der Waals surface area (Å²) in [5.74, 6) is 2.54. The highest BCUT2D eigenvalue weighted by molar-refractivity contribution is 8.12. The Kier molecular flexibility index (Phi) is 7.86. The van der Waals surface area contributed by atoms with Crippen LogP contribution in [0.2, 0.25) is 0 Å². The molecule has 0 nitrogen and oxygen atoms in total. The summed E-state index contributed by atoms with van der Waals surface area (Å²) in [6, 6.07) is 0. The lowest BCUT2D eigenvalue weighted by Gasteiger charge is -2.12. The van der Waals surface area contributed by atoms with Crippen molar-refractivity contribution in [3.8, 4) is 0 Å². The van der Waals surface area contributed by atoms with Crippen LogP contribution in [0.3, 0.4) is 0 Å². The van der Waals surface area contributed by atoms with Crippen LogP contribution in [0.15, 0.2) is 0 Å². The van der Waals surface area contributed by atoms with Gasteiger partial charge in [0.05, 0.1) is 0 Å². The molecule has 1 saturated heterocycles.